The average Bonchev–Trinajstić information content (AvgIpc) is 3.44. The third-order valence-electron chi connectivity index (χ3n) is 5.58. The number of benzene rings is 2. The van der Waals surface area contributed by atoms with E-state index in [1.165, 1.54) is 5.56 Å². The van der Waals surface area contributed by atoms with E-state index < -0.39 is 0 Å². The lowest BCUT2D eigenvalue weighted by atomic mass is 9.96. The Hall–Kier alpha value is -2.99. The predicted octanol–water partition coefficient (Wildman–Crippen LogP) is 3.29. The van der Waals surface area contributed by atoms with Crippen molar-refractivity contribution in [2.45, 2.75) is 18.3 Å². The van der Waals surface area contributed by atoms with Crippen molar-refractivity contribution in [2.24, 2.45) is 0 Å². The highest BCUT2D eigenvalue weighted by molar-refractivity contribution is 5.95. The SMILES string of the molecule is O=C(c1cccc(-c2noc(C3(c4ccccc4)CC3)n2)c1)N1CCOCC1. The average molecular weight is 375 g/mol. The van der Waals surface area contributed by atoms with Gasteiger partial charge in [0.1, 0.15) is 0 Å². The van der Waals surface area contributed by atoms with Crippen LogP contribution in [0, 0.1) is 0 Å². The third kappa shape index (κ3) is 2.99. The number of rotatable bonds is 4. The summed E-state index contributed by atoms with van der Waals surface area (Å²) < 4.78 is 11.0. The van der Waals surface area contributed by atoms with E-state index in [1.54, 1.807) is 0 Å². The molecule has 3 aromatic rings. The minimum Gasteiger partial charge on any atom is -0.378 e. The van der Waals surface area contributed by atoms with Gasteiger partial charge in [0.2, 0.25) is 11.7 Å². The van der Waals surface area contributed by atoms with Crippen LogP contribution in [0.25, 0.3) is 11.4 Å². The lowest BCUT2D eigenvalue weighted by Gasteiger charge is -2.26. The Kier molecular flexibility index (Phi) is 4.20. The first-order valence-electron chi connectivity index (χ1n) is 9.63. The molecule has 2 heterocycles. The molecule has 0 unspecified atom stereocenters. The van der Waals surface area contributed by atoms with Crippen LogP contribution in [0.15, 0.2) is 59.1 Å². The summed E-state index contributed by atoms with van der Waals surface area (Å²) in [4.78, 5) is 19.2. The lowest BCUT2D eigenvalue weighted by Crippen LogP contribution is -2.40. The largest absolute Gasteiger partial charge is 0.378 e. The molecule has 5 rings (SSSR count). The monoisotopic (exact) mass is 375 g/mol. The molecule has 1 aliphatic carbocycles. The molecule has 6 heteroatoms. The highest BCUT2D eigenvalue weighted by Gasteiger charge is 2.50. The van der Waals surface area contributed by atoms with E-state index in [0.29, 0.717) is 43.6 Å². The maximum Gasteiger partial charge on any atom is 0.254 e. The van der Waals surface area contributed by atoms with Crippen LogP contribution in [0.5, 0.6) is 0 Å². The Morgan fingerprint density at radius 1 is 1.00 bits per heavy atom. The number of aromatic nitrogens is 2. The van der Waals surface area contributed by atoms with Crippen molar-refractivity contribution >= 4 is 5.91 Å². The number of nitrogens with zero attached hydrogens (tertiary/aromatic N) is 3. The maximum atomic E-state index is 12.7. The van der Waals surface area contributed by atoms with Crippen LogP contribution in [0.2, 0.25) is 0 Å². The normalized spacial score (nSPS) is 18.1. The molecule has 142 valence electrons. The molecule has 1 saturated carbocycles. The van der Waals surface area contributed by atoms with Crippen molar-refractivity contribution in [3.63, 3.8) is 0 Å². The van der Waals surface area contributed by atoms with E-state index in [9.17, 15) is 4.79 Å². The van der Waals surface area contributed by atoms with Crippen LogP contribution >= 0.6 is 0 Å². The van der Waals surface area contributed by atoms with Gasteiger partial charge in [-0.15, -0.1) is 0 Å². The fraction of sp³-hybridized carbons (Fsp3) is 0.318. The Labute approximate surface area is 163 Å². The molecule has 0 atom stereocenters. The van der Waals surface area contributed by atoms with Gasteiger partial charge in [0.25, 0.3) is 5.91 Å². The number of carbonyl (C=O) groups is 1. The van der Waals surface area contributed by atoms with E-state index in [1.807, 2.05) is 47.4 Å². The second kappa shape index (κ2) is 6.87. The molecular weight excluding hydrogens is 354 g/mol. The van der Waals surface area contributed by atoms with Crippen LogP contribution < -0.4 is 0 Å². The topological polar surface area (TPSA) is 68.5 Å². The van der Waals surface area contributed by atoms with Gasteiger partial charge in [-0.05, 0) is 30.5 Å². The highest BCUT2D eigenvalue weighted by atomic mass is 16.5. The van der Waals surface area contributed by atoms with Crippen LogP contribution in [0.4, 0.5) is 0 Å². The molecule has 2 aliphatic rings. The summed E-state index contributed by atoms with van der Waals surface area (Å²) in [5.41, 5.74) is 2.47. The first-order chi connectivity index (χ1) is 13.8. The smallest absolute Gasteiger partial charge is 0.254 e. The molecule has 1 aliphatic heterocycles. The summed E-state index contributed by atoms with van der Waals surface area (Å²) in [7, 11) is 0. The zero-order valence-electron chi connectivity index (χ0n) is 15.5. The van der Waals surface area contributed by atoms with Crippen molar-refractivity contribution in [3.05, 3.63) is 71.6 Å². The van der Waals surface area contributed by atoms with E-state index in [0.717, 1.165) is 18.4 Å². The standard InChI is InChI=1S/C22H21N3O3/c26-20(25-11-13-27-14-12-25)17-6-4-5-16(15-17)19-23-21(28-24-19)22(9-10-22)18-7-2-1-3-8-18/h1-8,15H,9-14H2. The van der Waals surface area contributed by atoms with Crippen molar-refractivity contribution < 1.29 is 14.1 Å². The first kappa shape index (κ1) is 17.1. The molecule has 6 nitrogen and oxygen atoms in total. The van der Waals surface area contributed by atoms with Gasteiger partial charge in [-0.25, -0.2) is 0 Å². The molecule has 2 fully saturated rings. The van der Waals surface area contributed by atoms with Gasteiger partial charge >= 0.3 is 0 Å². The summed E-state index contributed by atoms with van der Waals surface area (Å²) >= 11 is 0. The predicted molar refractivity (Wildman–Crippen MR) is 103 cm³/mol. The fourth-order valence-corrected chi connectivity index (χ4v) is 3.78. The molecule has 1 aromatic heterocycles. The molecular formula is C22H21N3O3. The molecule has 0 spiro atoms. The Morgan fingerprint density at radius 2 is 1.79 bits per heavy atom. The Balaban J connectivity index is 1.41. The fourth-order valence-electron chi connectivity index (χ4n) is 3.78. The Morgan fingerprint density at radius 3 is 2.54 bits per heavy atom. The number of amides is 1. The lowest BCUT2D eigenvalue weighted by molar-refractivity contribution is 0.0303. The molecule has 0 radical (unpaired) electrons. The van der Waals surface area contributed by atoms with Crippen molar-refractivity contribution in [3.8, 4) is 11.4 Å². The minimum atomic E-state index is -0.159. The summed E-state index contributed by atoms with van der Waals surface area (Å²) in [6.07, 6.45) is 2.02. The third-order valence-corrected chi connectivity index (χ3v) is 5.58. The van der Waals surface area contributed by atoms with E-state index in [4.69, 9.17) is 9.26 Å². The van der Waals surface area contributed by atoms with Crippen molar-refractivity contribution in [1.29, 1.82) is 0 Å². The van der Waals surface area contributed by atoms with Gasteiger partial charge in [-0.1, -0.05) is 47.6 Å². The summed E-state index contributed by atoms with van der Waals surface area (Å²) in [5.74, 6) is 1.18. The van der Waals surface area contributed by atoms with Gasteiger partial charge < -0.3 is 14.2 Å². The molecule has 28 heavy (non-hydrogen) atoms. The zero-order chi connectivity index (χ0) is 19.0. The van der Waals surface area contributed by atoms with Crippen LogP contribution in [-0.4, -0.2) is 47.3 Å². The number of carbonyl (C=O) groups excluding carboxylic acids is 1. The number of hydrogen-bond acceptors (Lipinski definition) is 5. The molecule has 0 N–H and O–H groups in total. The number of ether oxygens (including phenoxy) is 1. The molecule has 1 saturated heterocycles. The summed E-state index contributed by atoms with van der Waals surface area (Å²) in [6.45, 7) is 2.41. The maximum absolute atomic E-state index is 12.7. The molecule has 2 aromatic carbocycles. The van der Waals surface area contributed by atoms with Gasteiger partial charge in [0, 0.05) is 24.2 Å². The van der Waals surface area contributed by atoms with E-state index >= 15 is 0 Å². The second-order valence-corrected chi connectivity index (χ2v) is 7.36. The van der Waals surface area contributed by atoms with E-state index in [-0.39, 0.29) is 11.3 Å². The quantitative estimate of drug-likeness (QED) is 0.700. The van der Waals surface area contributed by atoms with Crippen LogP contribution in [-0.2, 0) is 10.2 Å². The second-order valence-electron chi connectivity index (χ2n) is 7.36. The summed E-state index contributed by atoms with van der Waals surface area (Å²) in [5, 5.41) is 4.20. The van der Waals surface area contributed by atoms with Crippen LogP contribution in [0.1, 0.15) is 34.7 Å². The number of hydrogen-bond donors (Lipinski definition) is 0. The van der Waals surface area contributed by atoms with Gasteiger partial charge in [-0.3, -0.25) is 4.79 Å². The molecule has 1 amide bonds. The van der Waals surface area contributed by atoms with Gasteiger partial charge in [-0.2, -0.15) is 4.98 Å². The number of morpholine rings is 1. The van der Waals surface area contributed by atoms with Crippen molar-refractivity contribution in [2.75, 3.05) is 26.3 Å². The minimum absolute atomic E-state index is 0.0109. The van der Waals surface area contributed by atoms with Crippen molar-refractivity contribution in [1.82, 2.24) is 15.0 Å². The zero-order valence-corrected chi connectivity index (χ0v) is 15.5. The van der Waals surface area contributed by atoms with E-state index in [2.05, 4.69) is 22.3 Å². The van der Waals surface area contributed by atoms with Gasteiger partial charge in [0.15, 0.2) is 0 Å². The van der Waals surface area contributed by atoms with Gasteiger partial charge in [0.05, 0.1) is 18.6 Å². The molecule has 0 bridgehead atoms. The summed E-state index contributed by atoms with van der Waals surface area (Å²) in [6, 6.07) is 17.7. The Bertz CT molecular complexity index is 989. The first-order valence-corrected chi connectivity index (χ1v) is 9.63. The van der Waals surface area contributed by atoms with Crippen LogP contribution in [0.3, 0.4) is 0 Å². The highest BCUT2D eigenvalue weighted by Crippen LogP contribution is 2.52.